The molecule has 2 saturated carbocycles. The second-order valence-corrected chi connectivity index (χ2v) is 9.66. The number of carboxylic acid groups (broad SMARTS) is 1. The third-order valence-corrected chi connectivity index (χ3v) is 7.75. The number of amidine groups is 1. The van der Waals surface area contributed by atoms with Crippen LogP contribution in [0.4, 0.5) is 5.69 Å². The topological polar surface area (TPSA) is 70.0 Å². The molecule has 0 spiro atoms. The van der Waals surface area contributed by atoms with Crippen LogP contribution in [0.15, 0.2) is 59.6 Å². The standard InChI is InChI=1S/C24H24N2O3S/c27-22-21(14-15-4-2-1-3-5-15)30-24(25-19-10-8-17(9-11-19)23(28)29)26(22)20-13-16-6-7-18(20)12-16/h1-5,8-11,16,18,20-21H,6-7,12-14H2,(H,28,29)/t16-,18-,20+,21-/m1/s1. The molecule has 3 fully saturated rings. The van der Waals surface area contributed by atoms with E-state index in [0.29, 0.717) is 18.0 Å². The van der Waals surface area contributed by atoms with Crippen LogP contribution in [0, 0.1) is 11.8 Å². The van der Waals surface area contributed by atoms with Crippen molar-refractivity contribution in [2.75, 3.05) is 0 Å². The van der Waals surface area contributed by atoms with Gasteiger partial charge < -0.3 is 5.11 Å². The molecule has 0 unspecified atom stereocenters. The number of fused-ring (bicyclic) bond motifs is 2. The van der Waals surface area contributed by atoms with E-state index < -0.39 is 5.97 Å². The number of thioether (sulfide) groups is 1. The van der Waals surface area contributed by atoms with Gasteiger partial charge in [-0.25, -0.2) is 9.79 Å². The molecule has 4 atom stereocenters. The predicted octanol–water partition coefficient (Wildman–Crippen LogP) is 4.75. The van der Waals surface area contributed by atoms with Crippen LogP contribution in [0.5, 0.6) is 0 Å². The van der Waals surface area contributed by atoms with E-state index in [1.54, 1.807) is 36.0 Å². The predicted molar refractivity (Wildman–Crippen MR) is 118 cm³/mol. The summed E-state index contributed by atoms with van der Waals surface area (Å²) in [6.45, 7) is 0. The van der Waals surface area contributed by atoms with E-state index in [9.17, 15) is 9.59 Å². The number of amides is 1. The number of benzene rings is 2. The number of nitrogens with zero attached hydrogens (tertiary/aromatic N) is 2. The van der Waals surface area contributed by atoms with Crippen molar-refractivity contribution in [1.29, 1.82) is 0 Å². The first-order valence-corrected chi connectivity index (χ1v) is 11.4. The van der Waals surface area contributed by atoms with Crippen LogP contribution >= 0.6 is 11.8 Å². The molecule has 0 aromatic heterocycles. The first-order valence-electron chi connectivity index (χ1n) is 10.5. The fraction of sp³-hybridized carbons (Fsp3) is 0.375. The number of rotatable bonds is 5. The van der Waals surface area contributed by atoms with Crippen LogP contribution in [-0.2, 0) is 11.2 Å². The largest absolute Gasteiger partial charge is 0.478 e. The highest BCUT2D eigenvalue weighted by Crippen LogP contribution is 2.49. The Morgan fingerprint density at radius 1 is 1.07 bits per heavy atom. The van der Waals surface area contributed by atoms with Crippen molar-refractivity contribution < 1.29 is 14.7 Å². The summed E-state index contributed by atoms with van der Waals surface area (Å²) < 4.78 is 0. The minimum Gasteiger partial charge on any atom is -0.478 e. The van der Waals surface area contributed by atoms with Gasteiger partial charge in [-0.15, -0.1) is 0 Å². The molecule has 30 heavy (non-hydrogen) atoms. The average Bonchev–Trinajstić information content (AvgIpc) is 3.45. The van der Waals surface area contributed by atoms with Gasteiger partial charge in [0.25, 0.3) is 0 Å². The number of carbonyl (C=O) groups is 2. The molecule has 3 aliphatic rings. The monoisotopic (exact) mass is 420 g/mol. The van der Waals surface area contributed by atoms with Crippen LogP contribution in [0.2, 0.25) is 0 Å². The van der Waals surface area contributed by atoms with E-state index in [1.165, 1.54) is 19.3 Å². The van der Waals surface area contributed by atoms with Crippen molar-refractivity contribution in [3.8, 4) is 0 Å². The number of aliphatic imine (C=N–C) groups is 1. The number of hydrogen-bond acceptors (Lipinski definition) is 4. The number of carbonyl (C=O) groups excluding carboxylic acids is 1. The first-order chi connectivity index (χ1) is 14.6. The lowest BCUT2D eigenvalue weighted by Gasteiger charge is -2.31. The van der Waals surface area contributed by atoms with E-state index in [4.69, 9.17) is 10.1 Å². The fourth-order valence-corrected chi connectivity index (χ4v) is 6.38. The van der Waals surface area contributed by atoms with Crippen molar-refractivity contribution in [2.24, 2.45) is 16.8 Å². The van der Waals surface area contributed by atoms with Crippen LogP contribution < -0.4 is 0 Å². The zero-order valence-corrected chi connectivity index (χ0v) is 17.4. The molecule has 2 aromatic carbocycles. The molecule has 5 rings (SSSR count). The number of aromatic carboxylic acids is 1. The molecule has 154 valence electrons. The van der Waals surface area contributed by atoms with Gasteiger partial charge in [-0.05, 0) is 67.3 Å². The zero-order chi connectivity index (χ0) is 20.7. The minimum absolute atomic E-state index is 0.163. The van der Waals surface area contributed by atoms with Gasteiger partial charge in [-0.3, -0.25) is 9.69 Å². The van der Waals surface area contributed by atoms with Gasteiger partial charge in [0.05, 0.1) is 16.5 Å². The molecule has 5 nitrogen and oxygen atoms in total. The van der Waals surface area contributed by atoms with E-state index in [1.807, 2.05) is 23.1 Å². The van der Waals surface area contributed by atoms with Gasteiger partial charge in [0.2, 0.25) is 5.91 Å². The third kappa shape index (κ3) is 3.65. The smallest absolute Gasteiger partial charge is 0.335 e. The number of carboxylic acids is 1. The summed E-state index contributed by atoms with van der Waals surface area (Å²) in [7, 11) is 0. The number of hydrogen-bond donors (Lipinski definition) is 1. The lowest BCUT2D eigenvalue weighted by atomic mass is 9.94. The Bertz CT molecular complexity index is 989. The molecule has 1 saturated heterocycles. The minimum atomic E-state index is -0.953. The summed E-state index contributed by atoms with van der Waals surface area (Å²) in [5.41, 5.74) is 2.08. The Morgan fingerprint density at radius 2 is 1.83 bits per heavy atom. The van der Waals surface area contributed by atoms with Crippen LogP contribution in [-0.4, -0.2) is 38.3 Å². The SMILES string of the molecule is O=C(O)c1ccc(N=C2S[C@H](Cc3ccccc3)C(=O)N2[C@H]2C[C@@H]3CC[C@@H]2C3)cc1. The molecule has 0 radical (unpaired) electrons. The van der Waals surface area contributed by atoms with Gasteiger partial charge in [0.1, 0.15) is 0 Å². The van der Waals surface area contributed by atoms with Crippen molar-refractivity contribution in [1.82, 2.24) is 4.90 Å². The van der Waals surface area contributed by atoms with Crippen LogP contribution in [0.1, 0.15) is 41.6 Å². The van der Waals surface area contributed by atoms with E-state index >= 15 is 0 Å². The van der Waals surface area contributed by atoms with Crippen molar-refractivity contribution >= 4 is 34.5 Å². The summed E-state index contributed by atoms with van der Waals surface area (Å²) in [5.74, 6) is 0.533. The molecular formula is C24H24N2O3S. The van der Waals surface area contributed by atoms with Crippen molar-refractivity contribution in [3.05, 3.63) is 65.7 Å². The summed E-state index contributed by atoms with van der Waals surface area (Å²) >= 11 is 1.55. The van der Waals surface area contributed by atoms with Gasteiger partial charge in [0.15, 0.2) is 5.17 Å². The molecule has 1 heterocycles. The maximum Gasteiger partial charge on any atom is 0.335 e. The van der Waals surface area contributed by atoms with Gasteiger partial charge >= 0.3 is 5.97 Å². The highest BCUT2D eigenvalue weighted by Gasteiger charge is 2.49. The lowest BCUT2D eigenvalue weighted by molar-refractivity contribution is -0.128. The molecule has 2 aromatic rings. The Labute approximate surface area is 180 Å². The Kier molecular flexibility index (Phi) is 5.11. The summed E-state index contributed by atoms with van der Waals surface area (Å²) in [6.07, 6.45) is 5.48. The quantitative estimate of drug-likeness (QED) is 0.758. The second-order valence-electron chi connectivity index (χ2n) is 8.49. The summed E-state index contributed by atoms with van der Waals surface area (Å²) in [5, 5.41) is 9.72. The van der Waals surface area contributed by atoms with Crippen LogP contribution in [0.25, 0.3) is 0 Å². The maximum atomic E-state index is 13.5. The zero-order valence-electron chi connectivity index (χ0n) is 16.6. The lowest BCUT2D eigenvalue weighted by Crippen LogP contribution is -2.44. The molecular weight excluding hydrogens is 396 g/mol. The summed E-state index contributed by atoms with van der Waals surface area (Å²) in [6, 6.07) is 16.9. The van der Waals surface area contributed by atoms with E-state index in [0.717, 1.165) is 23.1 Å². The Morgan fingerprint density at radius 3 is 2.47 bits per heavy atom. The second kappa shape index (κ2) is 7.91. The van der Waals surface area contributed by atoms with E-state index in [2.05, 4.69) is 12.1 Å². The Hall–Kier alpha value is -2.60. The summed E-state index contributed by atoms with van der Waals surface area (Å²) in [4.78, 5) is 31.4. The molecule has 1 N–H and O–H groups in total. The third-order valence-electron chi connectivity index (χ3n) is 6.60. The highest BCUT2D eigenvalue weighted by atomic mass is 32.2. The normalized spacial score (nSPS) is 29.1. The van der Waals surface area contributed by atoms with E-state index in [-0.39, 0.29) is 22.8 Å². The van der Waals surface area contributed by atoms with Crippen molar-refractivity contribution in [3.63, 3.8) is 0 Å². The first kappa shape index (κ1) is 19.4. The Balaban J connectivity index is 1.44. The maximum absolute atomic E-state index is 13.5. The van der Waals surface area contributed by atoms with Crippen LogP contribution in [0.3, 0.4) is 0 Å². The van der Waals surface area contributed by atoms with Gasteiger partial charge in [0, 0.05) is 6.04 Å². The highest BCUT2D eigenvalue weighted by molar-refractivity contribution is 8.15. The van der Waals surface area contributed by atoms with Gasteiger partial charge in [-0.2, -0.15) is 0 Å². The fourth-order valence-electron chi connectivity index (χ4n) is 5.14. The molecule has 2 bridgehead atoms. The molecule has 6 heteroatoms. The molecule has 1 aliphatic heterocycles. The molecule has 2 aliphatic carbocycles. The van der Waals surface area contributed by atoms with Crippen molar-refractivity contribution in [2.45, 2.75) is 43.4 Å². The average molecular weight is 421 g/mol. The molecule has 1 amide bonds. The van der Waals surface area contributed by atoms with Gasteiger partial charge in [-0.1, -0.05) is 48.5 Å².